The maximum Gasteiger partial charge on any atom is 0.243 e. The second-order valence-corrected chi connectivity index (χ2v) is 14.8. The van der Waals surface area contributed by atoms with Crippen LogP contribution in [0.4, 0.5) is 0 Å². The fourth-order valence-electron chi connectivity index (χ4n) is 5.77. The number of carbonyl (C=O) groups is 7. The van der Waals surface area contributed by atoms with Crippen LogP contribution in [0.2, 0.25) is 0 Å². The Morgan fingerprint density at radius 2 is 1.15 bits per heavy atom. The van der Waals surface area contributed by atoms with Crippen LogP contribution in [0.5, 0.6) is 5.75 Å². The van der Waals surface area contributed by atoms with E-state index in [0.717, 1.165) is 5.56 Å². The lowest BCUT2D eigenvalue weighted by Crippen LogP contribution is -2.59. The summed E-state index contributed by atoms with van der Waals surface area (Å²) in [5.41, 5.74) is 28.8. The molecule has 0 aliphatic rings. The molecule has 60 heavy (non-hydrogen) atoms. The van der Waals surface area contributed by atoms with Gasteiger partial charge < -0.3 is 65.7 Å². The second-order valence-electron chi connectivity index (χ2n) is 13.8. The van der Waals surface area contributed by atoms with Crippen molar-refractivity contribution in [3.8, 4) is 5.75 Å². The standard InChI is InChI=1S/C39H60N12O8S/c1-60-19-16-29(37(58)48-28(11-7-18-45-39(43)44)36(57)50-30(34(42)55)20-24-8-3-2-4-9-24)49-38(59)31(21-25-12-14-26(52)15-13-25)51-35(56)27(10-5-6-17-40)47-33(54)23-46-32(53)22-41/h2-4,8-9,12-15,27-31,52H,5-7,10-11,16-23,40-41H2,1H3,(H2,42,55)(H,46,53)(H,47,54)(H,48,58)(H,49,59)(H,50,57)(H,51,56)(H4,43,44,45)/t27-,28-,29-,30-,31-/m0/s1. The Morgan fingerprint density at radius 3 is 1.72 bits per heavy atom. The van der Waals surface area contributed by atoms with Crippen LogP contribution < -0.4 is 60.6 Å². The summed E-state index contributed by atoms with van der Waals surface area (Å²) in [4.78, 5) is 96.3. The Labute approximate surface area is 353 Å². The van der Waals surface area contributed by atoms with Crippen molar-refractivity contribution in [3.05, 3.63) is 65.7 Å². The molecule has 21 heteroatoms. The summed E-state index contributed by atoms with van der Waals surface area (Å²) in [5, 5.41) is 25.6. The lowest BCUT2D eigenvalue weighted by Gasteiger charge is -2.27. The Morgan fingerprint density at radius 1 is 0.633 bits per heavy atom. The topological polar surface area (TPSA) is 354 Å². The molecule has 0 aliphatic carbocycles. The maximum absolute atomic E-state index is 14.1. The number of benzene rings is 2. The highest BCUT2D eigenvalue weighted by molar-refractivity contribution is 7.98. The second kappa shape index (κ2) is 27.7. The first-order valence-corrected chi connectivity index (χ1v) is 20.9. The van der Waals surface area contributed by atoms with Crippen LogP contribution >= 0.6 is 11.8 Å². The van der Waals surface area contributed by atoms with Crippen molar-refractivity contribution < 1.29 is 38.7 Å². The molecule has 0 heterocycles. The minimum Gasteiger partial charge on any atom is -0.508 e. The van der Waals surface area contributed by atoms with E-state index in [1.807, 2.05) is 6.26 Å². The van der Waals surface area contributed by atoms with Gasteiger partial charge in [-0.3, -0.25) is 38.6 Å². The summed E-state index contributed by atoms with van der Waals surface area (Å²) in [6.45, 7) is -0.315. The van der Waals surface area contributed by atoms with E-state index in [4.69, 9.17) is 28.7 Å². The van der Waals surface area contributed by atoms with E-state index in [9.17, 15) is 38.7 Å². The van der Waals surface area contributed by atoms with Crippen molar-refractivity contribution in [1.29, 1.82) is 0 Å². The van der Waals surface area contributed by atoms with Gasteiger partial charge in [-0.1, -0.05) is 42.5 Å². The Kier molecular flexibility index (Phi) is 23.2. The fourth-order valence-corrected chi connectivity index (χ4v) is 6.25. The molecule has 17 N–H and O–H groups in total. The number of rotatable bonds is 28. The van der Waals surface area contributed by atoms with Gasteiger partial charge in [-0.15, -0.1) is 0 Å². The van der Waals surface area contributed by atoms with Gasteiger partial charge in [0.1, 0.15) is 36.0 Å². The molecule has 0 saturated carbocycles. The number of nitrogens with one attached hydrogen (secondary N) is 6. The van der Waals surface area contributed by atoms with Crippen LogP contribution in [0.25, 0.3) is 0 Å². The van der Waals surface area contributed by atoms with E-state index in [-0.39, 0.29) is 63.3 Å². The average molecular weight is 857 g/mol. The van der Waals surface area contributed by atoms with Gasteiger partial charge in [0.15, 0.2) is 5.96 Å². The SMILES string of the molecule is CSCC[C@H](NC(=O)[C@H](Cc1ccc(O)cc1)NC(=O)[C@H](CCCCN)NC(=O)CNC(=O)CN)C(=O)N[C@@H](CCCN=C(N)N)C(=O)N[C@@H](Cc1ccccc1)C(N)=O. The van der Waals surface area contributed by atoms with Crippen molar-refractivity contribution >= 4 is 59.1 Å². The minimum absolute atomic E-state index is 0.0268. The summed E-state index contributed by atoms with van der Waals surface area (Å²) in [6.07, 6.45) is 3.37. The zero-order chi connectivity index (χ0) is 44.5. The molecule has 2 rings (SSSR count). The van der Waals surface area contributed by atoms with Gasteiger partial charge in [0.25, 0.3) is 0 Å². The molecule has 5 atom stereocenters. The third kappa shape index (κ3) is 19.7. The quantitative estimate of drug-likeness (QED) is 0.0232. The number of guanidine groups is 1. The molecule has 2 aromatic carbocycles. The summed E-state index contributed by atoms with van der Waals surface area (Å²) < 4.78 is 0. The highest BCUT2D eigenvalue weighted by Crippen LogP contribution is 2.13. The third-order valence-corrected chi connectivity index (χ3v) is 9.65. The molecular formula is C39H60N12O8S. The molecule has 0 saturated heterocycles. The number of hydrogen-bond donors (Lipinski definition) is 12. The predicted octanol–water partition coefficient (Wildman–Crippen LogP) is -2.90. The van der Waals surface area contributed by atoms with Crippen molar-refractivity contribution in [1.82, 2.24) is 31.9 Å². The third-order valence-electron chi connectivity index (χ3n) is 9.00. The average Bonchev–Trinajstić information content (AvgIpc) is 3.22. The van der Waals surface area contributed by atoms with Gasteiger partial charge in [0.05, 0.1) is 13.1 Å². The predicted molar refractivity (Wildman–Crippen MR) is 229 cm³/mol. The van der Waals surface area contributed by atoms with Gasteiger partial charge >= 0.3 is 0 Å². The number of hydrogen-bond acceptors (Lipinski definition) is 12. The molecule has 0 fully saturated rings. The summed E-state index contributed by atoms with van der Waals surface area (Å²) in [5.74, 6) is -4.71. The monoisotopic (exact) mass is 856 g/mol. The summed E-state index contributed by atoms with van der Waals surface area (Å²) >= 11 is 1.40. The number of nitrogens with two attached hydrogens (primary N) is 5. The van der Waals surface area contributed by atoms with Crippen LogP contribution in [0.15, 0.2) is 59.6 Å². The molecule has 0 bridgehead atoms. The van der Waals surface area contributed by atoms with E-state index >= 15 is 0 Å². The first-order valence-electron chi connectivity index (χ1n) is 19.5. The minimum atomic E-state index is -1.30. The van der Waals surface area contributed by atoms with Crippen LogP contribution in [0.3, 0.4) is 0 Å². The van der Waals surface area contributed by atoms with Crippen LogP contribution in [-0.4, -0.2) is 121 Å². The highest BCUT2D eigenvalue weighted by atomic mass is 32.2. The Hall–Kier alpha value is -5.93. The van der Waals surface area contributed by atoms with E-state index < -0.39 is 78.1 Å². The molecule has 2 aromatic rings. The molecular weight excluding hydrogens is 797 g/mol. The van der Waals surface area contributed by atoms with Gasteiger partial charge in [-0.05, 0) is 80.3 Å². The van der Waals surface area contributed by atoms with E-state index in [2.05, 4.69) is 36.9 Å². The molecule has 0 aromatic heterocycles. The van der Waals surface area contributed by atoms with Crippen LogP contribution in [0.1, 0.15) is 49.7 Å². The van der Waals surface area contributed by atoms with Gasteiger partial charge in [-0.2, -0.15) is 11.8 Å². The number of unbranched alkanes of at least 4 members (excludes halogenated alkanes) is 1. The highest BCUT2D eigenvalue weighted by Gasteiger charge is 2.32. The normalized spacial score (nSPS) is 13.2. The Balaban J connectivity index is 2.39. The van der Waals surface area contributed by atoms with Gasteiger partial charge in [0.2, 0.25) is 41.4 Å². The van der Waals surface area contributed by atoms with Crippen molar-refractivity contribution in [2.24, 2.45) is 33.7 Å². The molecule has 20 nitrogen and oxygen atoms in total. The molecule has 7 amide bonds. The lowest BCUT2D eigenvalue weighted by molar-refractivity contribution is -0.135. The smallest absolute Gasteiger partial charge is 0.243 e. The van der Waals surface area contributed by atoms with E-state index in [0.29, 0.717) is 30.7 Å². The summed E-state index contributed by atoms with van der Waals surface area (Å²) in [7, 11) is 0. The number of primary amides is 1. The molecule has 0 radical (unpaired) electrons. The van der Waals surface area contributed by atoms with E-state index in [1.165, 1.54) is 23.9 Å². The molecule has 0 unspecified atom stereocenters. The number of amides is 7. The molecule has 0 spiro atoms. The van der Waals surface area contributed by atoms with Crippen molar-refractivity contribution in [2.45, 2.75) is 81.6 Å². The number of nitrogens with zero attached hydrogens (tertiary/aromatic N) is 1. The van der Waals surface area contributed by atoms with Crippen LogP contribution in [-0.2, 0) is 46.4 Å². The number of phenolic OH excluding ortho intramolecular Hbond substituents is 1. The number of phenols is 1. The maximum atomic E-state index is 14.1. The zero-order valence-electron chi connectivity index (χ0n) is 33.8. The molecule has 0 aliphatic heterocycles. The number of aliphatic imine (C=N–C) groups is 1. The largest absolute Gasteiger partial charge is 0.508 e. The number of carbonyl (C=O) groups excluding carboxylic acids is 7. The number of aromatic hydroxyl groups is 1. The zero-order valence-corrected chi connectivity index (χ0v) is 34.6. The van der Waals surface area contributed by atoms with E-state index in [1.54, 1.807) is 42.5 Å². The molecule has 330 valence electrons. The number of thioether (sulfide) groups is 1. The van der Waals surface area contributed by atoms with Crippen molar-refractivity contribution in [2.75, 3.05) is 38.2 Å². The first-order chi connectivity index (χ1) is 28.7. The van der Waals surface area contributed by atoms with Gasteiger partial charge in [-0.25, -0.2) is 0 Å². The summed E-state index contributed by atoms with van der Waals surface area (Å²) in [6, 6.07) is 8.88. The first kappa shape index (κ1) is 50.2. The lowest BCUT2D eigenvalue weighted by atomic mass is 10.0. The van der Waals surface area contributed by atoms with Crippen LogP contribution in [0, 0.1) is 0 Å². The van der Waals surface area contributed by atoms with Crippen molar-refractivity contribution in [3.63, 3.8) is 0 Å². The Bertz CT molecular complexity index is 1730. The van der Waals surface area contributed by atoms with Gasteiger partial charge in [0, 0.05) is 19.4 Å². The fraction of sp³-hybridized carbons (Fsp3) is 0.487.